The first-order chi connectivity index (χ1) is 23.8. The van der Waals surface area contributed by atoms with E-state index in [1.165, 1.54) is 28.6 Å². The topological polar surface area (TPSA) is 96.6 Å². The van der Waals surface area contributed by atoms with Crippen LogP contribution in [0.3, 0.4) is 0 Å². The number of nitrogens with zero attached hydrogens (tertiary/aromatic N) is 8. The number of fused-ring (bicyclic) bond motifs is 2. The lowest BCUT2D eigenvalue weighted by Gasteiger charge is -2.44. The molecule has 3 aliphatic heterocycles. The molecule has 0 bridgehead atoms. The monoisotopic (exact) mass is 663 g/mol. The second-order valence-electron chi connectivity index (χ2n) is 14.0. The van der Waals surface area contributed by atoms with Crippen molar-refractivity contribution in [2.24, 2.45) is 5.92 Å². The summed E-state index contributed by atoms with van der Waals surface area (Å²) < 4.78 is 16.7. The number of aromatic nitrogens is 3. The highest BCUT2D eigenvalue weighted by atomic mass is 19.1. The lowest BCUT2D eigenvalue weighted by atomic mass is 9.99. The van der Waals surface area contributed by atoms with Crippen molar-refractivity contribution in [3.05, 3.63) is 77.1 Å². The molecule has 49 heavy (non-hydrogen) atoms. The van der Waals surface area contributed by atoms with E-state index in [2.05, 4.69) is 60.8 Å². The third-order valence-electron chi connectivity index (χ3n) is 10.8. The second kappa shape index (κ2) is 13.8. The van der Waals surface area contributed by atoms with Gasteiger partial charge in [0.1, 0.15) is 29.6 Å². The Bertz CT molecular complexity index is 1890. The smallest absolute Gasteiger partial charge is 0.256 e. The normalized spacial score (nSPS) is 17.3. The van der Waals surface area contributed by atoms with Crippen molar-refractivity contribution in [3.63, 3.8) is 0 Å². The SMILES string of the molecule is CCN(C(=O)c1cc(F)ccc1N1CCN(C2CCN(Cc3ccc4c(cc(C#N)n4CC4CNC4)c3C)CC2)c2ncncc21)C(C)C. The highest BCUT2D eigenvalue weighted by Gasteiger charge is 2.34. The van der Waals surface area contributed by atoms with Gasteiger partial charge in [-0.3, -0.25) is 9.69 Å². The largest absolute Gasteiger partial charge is 0.350 e. The summed E-state index contributed by atoms with van der Waals surface area (Å²) >= 11 is 0. The Morgan fingerprint density at radius 1 is 1.10 bits per heavy atom. The van der Waals surface area contributed by atoms with E-state index in [9.17, 15) is 14.4 Å². The van der Waals surface area contributed by atoms with Crippen molar-refractivity contribution < 1.29 is 9.18 Å². The molecule has 3 aliphatic rings. The number of carbonyl (C=O) groups is 1. The van der Waals surface area contributed by atoms with Crippen LogP contribution in [0.1, 0.15) is 60.8 Å². The average Bonchev–Trinajstić information content (AvgIpc) is 3.45. The number of rotatable bonds is 9. The molecule has 0 saturated carbocycles. The maximum atomic E-state index is 14.6. The summed E-state index contributed by atoms with van der Waals surface area (Å²) in [5.41, 5.74) is 6.35. The standard InChI is InChI=1S/C38H46FN9O/c1-5-45(25(2)3)38(49)33-16-29(39)7-9-35(33)47-15-14-46(37-36(47)21-42-24-43-37)30-10-12-44(13-11-30)23-28-6-8-34-32(26(28)4)17-31(18-40)48(34)22-27-19-41-20-27/h6-9,16-17,21,24-25,27,30,41H,5,10-15,19-20,22-23H2,1-4H3. The van der Waals surface area contributed by atoms with Crippen LogP contribution in [0.25, 0.3) is 10.9 Å². The Morgan fingerprint density at radius 3 is 2.59 bits per heavy atom. The van der Waals surface area contributed by atoms with Crippen LogP contribution in [0, 0.1) is 30.0 Å². The van der Waals surface area contributed by atoms with E-state index in [0.29, 0.717) is 36.3 Å². The first kappa shape index (κ1) is 33.0. The Balaban J connectivity index is 1.06. The van der Waals surface area contributed by atoms with Crippen molar-refractivity contribution in [1.82, 2.24) is 29.7 Å². The highest BCUT2D eigenvalue weighted by molar-refractivity contribution is 6.01. The summed E-state index contributed by atoms with van der Waals surface area (Å²) in [5, 5.41) is 14.4. The van der Waals surface area contributed by atoms with E-state index in [1.54, 1.807) is 17.3 Å². The third kappa shape index (κ3) is 6.24. The molecule has 2 aromatic carbocycles. The molecule has 0 radical (unpaired) electrons. The molecule has 4 aromatic rings. The van der Waals surface area contributed by atoms with Crippen molar-refractivity contribution >= 4 is 34.0 Å². The zero-order chi connectivity index (χ0) is 34.2. The number of hydrogen-bond acceptors (Lipinski definition) is 8. The van der Waals surface area contributed by atoms with E-state index in [0.717, 1.165) is 81.4 Å². The van der Waals surface area contributed by atoms with E-state index in [-0.39, 0.29) is 11.9 Å². The highest BCUT2D eigenvalue weighted by Crippen LogP contribution is 2.40. The summed E-state index contributed by atoms with van der Waals surface area (Å²) in [6.45, 7) is 15.8. The Hall–Kier alpha value is -4.53. The summed E-state index contributed by atoms with van der Waals surface area (Å²) in [6, 6.07) is 13.8. The molecule has 7 rings (SSSR count). The lowest BCUT2D eigenvalue weighted by molar-refractivity contribution is 0.0717. The molecule has 1 amide bonds. The molecule has 11 heteroatoms. The number of benzene rings is 2. The van der Waals surface area contributed by atoms with E-state index < -0.39 is 5.82 Å². The lowest BCUT2D eigenvalue weighted by Crippen LogP contribution is -2.50. The van der Waals surface area contributed by atoms with Crippen LogP contribution >= 0.6 is 0 Å². The van der Waals surface area contributed by atoms with Gasteiger partial charge >= 0.3 is 0 Å². The first-order valence-electron chi connectivity index (χ1n) is 17.7. The molecule has 5 heterocycles. The van der Waals surface area contributed by atoms with Crippen LogP contribution in [-0.4, -0.2) is 88.1 Å². The van der Waals surface area contributed by atoms with Gasteiger partial charge in [0.15, 0.2) is 5.82 Å². The molecule has 2 aromatic heterocycles. The zero-order valence-electron chi connectivity index (χ0n) is 29.0. The molecule has 0 atom stereocenters. The second-order valence-corrected chi connectivity index (χ2v) is 14.0. The molecular formula is C38H46FN9O. The van der Waals surface area contributed by atoms with Gasteiger partial charge in [-0.1, -0.05) is 6.07 Å². The number of hydrogen-bond donors (Lipinski definition) is 1. The Morgan fingerprint density at radius 2 is 1.90 bits per heavy atom. The molecule has 2 saturated heterocycles. The quantitative estimate of drug-likeness (QED) is 0.252. The van der Waals surface area contributed by atoms with Gasteiger partial charge < -0.3 is 24.6 Å². The van der Waals surface area contributed by atoms with Gasteiger partial charge in [-0.15, -0.1) is 0 Å². The number of nitriles is 1. The summed E-state index contributed by atoms with van der Waals surface area (Å²) in [7, 11) is 0. The molecular weight excluding hydrogens is 617 g/mol. The van der Waals surface area contributed by atoms with Crippen molar-refractivity contribution in [2.75, 3.05) is 55.6 Å². The van der Waals surface area contributed by atoms with Gasteiger partial charge in [-0.25, -0.2) is 14.4 Å². The van der Waals surface area contributed by atoms with Gasteiger partial charge in [-0.2, -0.15) is 5.26 Å². The number of piperidine rings is 1. The van der Waals surface area contributed by atoms with Gasteiger partial charge in [-0.05, 0) is 82.0 Å². The van der Waals surface area contributed by atoms with Gasteiger partial charge in [0.25, 0.3) is 5.91 Å². The van der Waals surface area contributed by atoms with Crippen molar-refractivity contribution in [2.45, 2.75) is 65.7 Å². The Kier molecular flexibility index (Phi) is 9.27. The maximum absolute atomic E-state index is 14.6. The fourth-order valence-corrected chi connectivity index (χ4v) is 7.93. The minimum atomic E-state index is -0.427. The number of likely N-dealkylation sites (tertiary alicyclic amines) is 1. The van der Waals surface area contributed by atoms with Gasteiger partial charge in [0.05, 0.1) is 17.4 Å². The minimum Gasteiger partial charge on any atom is -0.350 e. The molecule has 10 nitrogen and oxygen atoms in total. The van der Waals surface area contributed by atoms with Gasteiger partial charge in [0.2, 0.25) is 0 Å². The van der Waals surface area contributed by atoms with Crippen molar-refractivity contribution in [3.8, 4) is 6.07 Å². The predicted octanol–water partition coefficient (Wildman–Crippen LogP) is 5.46. The van der Waals surface area contributed by atoms with E-state index >= 15 is 0 Å². The van der Waals surface area contributed by atoms with Crippen LogP contribution in [0.15, 0.2) is 48.9 Å². The summed E-state index contributed by atoms with van der Waals surface area (Å²) in [5.74, 6) is 0.833. The number of amides is 1. The predicted molar refractivity (Wildman–Crippen MR) is 191 cm³/mol. The van der Waals surface area contributed by atoms with E-state index in [1.807, 2.05) is 27.0 Å². The first-order valence-corrected chi connectivity index (χ1v) is 17.7. The molecule has 0 unspecified atom stereocenters. The van der Waals surface area contributed by atoms with Crippen molar-refractivity contribution in [1.29, 1.82) is 5.26 Å². The molecule has 256 valence electrons. The van der Waals surface area contributed by atoms with Crippen LogP contribution in [0.4, 0.5) is 21.6 Å². The fraction of sp³-hybridized carbons (Fsp3) is 0.474. The fourth-order valence-electron chi connectivity index (χ4n) is 7.93. The van der Waals surface area contributed by atoms with Gasteiger partial charge in [0, 0.05) is 87.8 Å². The molecule has 0 aliphatic carbocycles. The van der Waals surface area contributed by atoms with Crippen LogP contribution in [-0.2, 0) is 13.1 Å². The zero-order valence-corrected chi connectivity index (χ0v) is 29.0. The number of nitrogens with one attached hydrogen (secondary N) is 1. The molecule has 1 N–H and O–H groups in total. The minimum absolute atomic E-state index is 0.00301. The summed E-state index contributed by atoms with van der Waals surface area (Å²) in [6.07, 6.45) is 5.42. The maximum Gasteiger partial charge on any atom is 0.256 e. The molecule has 0 spiro atoms. The Labute approximate surface area is 288 Å². The average molecular weight is 664 g/mol. The summed E-state index contributed by atoms with van der Waals surface area (Å²) in [4.78, 5) is 31.6. The number of halogens is 1. The van der Waals surface area contributed by atoms with Crippen LogP contribution < -0.4 is 15.1 Å². The van der Waals surface area contributed by atoms with E-state index in [4.69, 9.17) is 4.98 Å². The molecule has 2 fully saturated rings. The number of carbonyl (C=O) groups excluding carboxylic acids is 1. The van der Waals surface area contributed by atoms with Crippen LogP contribution in [0.5, 0.6) is 0 Å². The third-order valence-corrected chi connectivity index (χ3v) is 10.8. The number of aryl methyl sites for hydroxylation is 1. The number of anilines is 3. The van der Waals surface area contributed by atoms with Crippen LogP contribution in [0.2, 0.25) is 0 Å².